The molecular formula is C26H34N2O2. The van der Waals surface area contributed by atoms with Crippen molar-refractivity contribution in [3.63, 3.8) is 0 Å². The molecule has 7 atom stereocenters. The molecule has 4 nitrogen and oxygen atoms in total. The van der Waals surface area contributed by atoms with Crippen molar-refractivity contribution in [1.82, 2.24) is 10.6 Å². The second kappa shape index (κ2) is 7.25. The van der Waals surface area contributed by atoms with Crippen LogP contribution in [0.4, 0.5) is 0 Å². The van der Waals surface area contributed by atoms with E-state index in [1.54, 1.807) is 6.08 Å². The first-order valence-corrected chi connectivity index (χ1v) is 11.7. The number of hydrogen-bond donors (Lipinski definition) is 2. The molecule has 1 heterocycles. The van der Waals surface area contributed by atoms with Crippen molar-refractivity contribution in [2.75, 3.05) is 6.54 Å². The van der Waals surface area contributed by atoms with Gasteiger partial charge < -0.3 is 10.6 Å². The van der Waals surface area contributed by atoms with Gasteiger partial charge in [-0.05, 0) is 85.8 Å². The van der Waals surface area contributed by atoms with Crippen molar-refractivity contribution in [3.8, 4) is 0 Å². The summed E-state index contributed by atoms with van der Waals surface area (Å²) in [5.74, 6) is 2.81. The number of fused-ring (bicyclic) bond motifs is 5. The lowest BCUT2D eigenvalue weighted by atomic mass is 9.48. The highest BCUT2D eigenvalue weighted by Crippen LogP contribution is 2.64. The lowest BCUT2D eigenvalue weighted by Gasteiger charge is -2.59. The highest BCUT2D eigenvalue weighted by Gasteiger charge is 2.59. The molecular weight excluding hydrogens is 372 g/mol. The number of nitrogens with one attached hydrogen (secondary N) is 2. The van der Waals surface area contributed by atoms with Crippen molar-refractivity contribution < 1.29 is 9.59 Å². The predicted molar refractivity (Wildman–Crippen MR) is 118 cm³/mol. The van der Waals surface area contributed by atoms with Gasteiger partial charge in [0.15, 0.2) is 0 Å². The zero-order valence-electron chi connectivity index (χ0n) is 18.2. The third-order valence-corrected chi connectivity index (χ3v) is 9.43. The summed E-state index contributed by atoms with van der Waals surface area (Å²) >= 11 is 0. The Kier molecular flexibility index (Phi) is 4.79. The van der Waals surface area contributed by atoms with E-state index in [9.17, 15) is 9.59 Å². The topological polar surface area (TPSA) is 58.2 Å². The Hall–Kier alpha value is -2.10. The largest absolute Gasteiger partial charge is 0.352 e. The highest BCUT2D eigenvalue weighted by molar-refractivity contribution is 5.94. The quantitative estimate of drug-likeness (QED) is 0.785. The highest BCUT2D eigenvalue weighted by atomic mass is 16.2. The fourth-order valence-corrected chi connectivity index (χ4v) is 7.68. The fourth-order valence-electron chi connectivity index (χ4n) is 7.68. The second-order valence-electron chi connectivity index (χ2n) is 10.6. The Morgan fingerprint density at radius 1 is 1.07 bits per heavy atom. The van der Waals surface area contributed by atoms with Crippen molar-refractivity contribution in [2.24, 2.45) is 34.5 Å². The zero-order chi connectivity index (χ0) is 20.9. The Balaban J connectivity index is 1.30. The second-order valence-corrected chi connectivity index (χ2v) is 10.6. The molecule has 0 bridgehead atoms. The first kappa shape index (κ1) is 19.8. The van der Waals surface area contributed by atoms with E-state index in [1.165, 1.54) is 32.1 Å². The molecule has 3 aliphatic carbocycles. The summed E-state index contributed by atoms with van der Waals surface area (Å²) in [7, 11) is 0. The summed E-state index contributed by atoms with van der Waals surface area (Å²) in [5, 5.41) is 6.48. The minimum absolute atomic E-state index is 0.0486. The molecule has 2 amide bonds. The van der Waals surface area contributed by atoms with E-state index in [0.717, 1.165) is 30.4 Å². The summed E-state index contributed by atoms with van der Waals surface area (Å²) in [6.45, 7) is 5.65. The summed E-state index contributed by atoms with van der Waals surface area (Å²) in [4.78, 5) is 24.5. The molecule has 3 fully saturated rings. The number of carbonyl (C=O) groups excluding carboxylic acids is 2. The van der Waals surface area contributed by atoms with E-state index in [-0.39, 0.29) is 17.2 Å². The first-order valence-electron chi connectivity index (χ1n) is 11.7. The van der Waals surface area contributed by atoms with Crippen LogP contribution in [0, 0.1) is 34.5 Å². The van der Waals surface area contributed by atoms with Crippen LogP contribution < -0.4 is 10.6 Å². The van der Waals surface area contributed by atoms with E-state index in [1.807, 2.05) is 30.3 Å². The van der Waals surface area contributed by atoms with Gasteiger partial charge in [-0.15, -0.1) is 0 Å². The molecule has 3 saturated carbocycles. The molecule has 4 unspecified atom stereocenters. The van der Waals surface area contributed by atoms with E-state index >= 15 is 0 Å². The van der Waals surface area contributed by atoms with Gasteiger partial charge in [0, 0.05) is 23.6 Å². The Bertz CT molecular complexity index is 865. The Labute approximate surface area is 179 Å². The van der Waals surface area contributed by atoms with Gasteiger partial charge >= 0.3 is 0 Å². The molecule has 0 saturated heterocycles. The maximum atomic E-state index is 12.6. The third-order valence-electron chi connectivity index (χ3n) is 9.43. The number of carbonyl (C=O) groups is 2. The van der Waals surface area contributed by atoms with Crippen LogP contribution in [0.2, 0.25) is 0 Å². The van der Waals surface area contributed by atoms with Gasteiger partial charge in [-0.2, -0.15) is 0 Å². The van der Waals surface area contributed by atoms with Crippen molar-refractivity contribution in [2.45, 2.75) is 58.4 Å². The van der Waals surface area contributed by atoms with Crippen LogP contribution in [0.3, 0.4) is 0 Å². The number of benzene rings is 1. The van der Waals surface area contributed by atoms with Crippen LogP contribution in [0.25, 0.3) is 0 Å². The molecule has 30 heavy (non-hydrogen) atoms. The summed E-state index contributed by atoms with van der Waals surface area (Å²) in [6, 6.07) is 9.84. The van der Waals surface area contributed by atoms with Crippen molar-refractivity contribution in [3.05, 3.63) is 48.0 Å². The smallest absolute Gasteiger partial charge is 0.251 e. The number of rotatable bonds is 3. The van der Waals surface area contributed by atoms with E-state index in [2.05, 4.69) is 30.6 Å². The minimum Gasteiger partial charge on any atom is -0.352 e. The van der Waals surface area contributed by atoms with Gasteiger partial charge in [0.05, 0.1) is 0 Å². The predicted octanol–water partition coefficient (Wildman–Crippen LogP) is 4.33. The molecule has 4 heteroatoms. The molecule has 1 aliphatic heterocycles. The first-order chi connectivity index (χ1) is 14.4. The monoisotopic (exact) mass is 406 g/mol. The van der Waals surface area contributed by atoms with Gasteiger partial charge in [0.2, 0.25) is 5.91 Å². The summed E-state index contributed by atoms with van der Waals surface area (Å²) < 4.78 is 0. The molecule has 0 radical (unpaired) electrons. The van der Waals surface area contributed by atoms with Gasteiger partial charge in [-0.3, -0.25) is 9.59 Å². The van der Waals surface area contributed by atoms with Crippen LogP contribution in [-0.4, -0.2) is 24.4 Å². The molecule has 2 N–H and O–H groups in total. The normalized spacial score (nSPS) is 41.9. The van der Waals surface area contributed by atoms with E-state index in [4.69, 9.17) is 0 Å². The Morgan fingerprint density at radius 3 is 2.67 bits per heavy atom. The van der Waals surface area contributed by atoms with Gasteiger partial charge in [-0.25, -0.2) is 0 Å². The van der Waals surface area contributed by atoms with Gasteiger partial charge in [0.25, 0.3) is 5.91 Å². The molecule has 1 aromatic carbocycles. The molecule has 160 valence electrons. The van der Waals surface area contributed by atoms with Crippen LogP contribution in [-0.2, 0) is 4.79 Å². The maximum Gasteiger partial charge on any atom is 0.251 e. The molecule has 5 rings (SSSR count). The SMILES string of the molecule is C[C@]12C=CC(=O)NC1CCC1C2CC[C@@]2(C)C1CC[C@@H]2CNC(=O)c1ccccc1. The van der Waals surface area contributed by atoms with Crippen LogP contribution in [0.5, 0.6) is 0 Å². The molecule has 0 aromatic heterocycles. The number of hydrogen-bond acceptors (Lipinski definition) is 2. The standard InChI is InChI=1S/C26H34N2O2/c1-25-14-12-21-19(9-11-22-26(21,2)15-13-23(29)28-22)20(25)10-8-18(25)16-27-24(30)17-6-4-3-5-7-17/h3-7,13,15,18-22H,8-12,14,16H2,1-2H3,(H,27,30)(H,28,29)/t18-,19?,20?,21?,22?,25-,26-/m1/s1. The van der Waals surface area contributed by atoms with Crippen LogP contribution in [0.1, 0.15) is 62.7 Å². The minimum atomic E-state index is 0.0486. The van der Waals surface area contributed by atoms with Crippen molar-refractivity contribution in [1.29, 1.82) is 0 Å². The average Bonchev–Trinajstić information content (AvgIpc) is 3.09. The lowest BCUT2D eigenvalue weighted by molar-refractivity contribution is -0.122. The third kappa shape index (κ3) is 3.02. The van der Waals surface area contributed by atoms with Crippen LogP contribution >= 0.6 is 0 Å². The van der Waals surface area contributed by atoms with Gasteiger partial charge in [-0.1, -0.05) is 38.1 Å². The zero-order valence-corrected chi connectivity index (χ0v) is 18.2. The van der Waals surface area contributed by atoms with Crippen LogP contribution in [0.15, 0.2) is 42.5 Å². The average molecular weight is 407 g/mol. The summed E-state index contributed by atoms with van der Waals surface area (Å²) in [5.41, 5.74) is 1.16. The number of amides is 2. The molecule has 0 spiro atoms. The fraction of sp³-hybridized carbons (Fsp3) is 0.615. The Morgan fingerprint density at radius 2 is 1.87 bits per heavy atom. The van der Waals surface area contributed by atoms with E-state index in [0.29, 0.717) is 23.3 Å². The molecule has 4 aliphatic rings. The van der Waals surface area contributed by atoms with Crippen molar-refractivity contribution >= 4 is 11.8 Å². The van der Waals surface area contributed by atoms with E-state index < -0.39 is 0 Å². The molecule has 1 aromatic rings. The lowest BCUT2D eigenvalue weighted by Crippen LogP contribution is -2.59. The van der Waals surface area contributed by atoms with Gasteiger partial charge in [0.1, 0.15) is 0 Å². The summed E-state index contributed by atoms with van der Waals surface area (Å²) in [6.07, 6.45) is 11.3. The maximum absolute atomic E-state index is 12.6.